The fraction of sp³-hybridized carbons (Fsp3) is 0.353. The van der Waals surface area contributed by atoms with Crippen LogP contribution in [-0.4, -0.2) is 33.0 Å². The lowest BCUT2D eigenvalue weighted by Gasteiger charge is -2.13. The number of nitrogens with zero attached hydrogens (tertiary/aromatic N) is 3. The van der Waals surface area contributed by atoms with Gasteiger partial charge in [-0.15, -0.1) is 16.8 Å². The maximum absolute atomic E-state index is 11.0. The number of ether oxygens (including phenoxy) is 2. The summed E-state index contributed by atoms with van der Waals surface area (Å²) in [7, 11) is 0. The molecule has 0 bridgehead atoms. The summed E-state index contributed by atoms with van der Waals surface area (Å²) < 4.78 is 13.3. The molecule has 0 saturated heterocycles. The van der Waals surface area contributed by atoms with E-state index in [0.29, 0.717) is 35.6 Å². The lowest BCUT2D eigenvalue weighted by Crippen LogP contribution is -2.14. The van der Waals surface area contributed by atoms with Crippen LogP contribution in [0.4, 0.5) is 0 Å². The first kappa shape index (κ1) is 18.9. The van der Waals surface area contributed by atoms with Crippen LogP contribution < -0.4 is 15.2 Å². The number of thioether (sulfide) groups is 1. The van der Waals surface area contributed by atoms with Crippen LogP contribution in [0, 0.1) is 6.92 Å². The molecule has 8 heteroatoms. The third-order valence-corrected chi connectivity index (χ3v) is 4.19. The van der Waals surface area contributed by atoms with Gasteiger partial charge in [-0.2, -0.15) is 0 Å². The number of allylic oxidation sites excluding steroid dienone is 1. The van der Waals surface area contributed by atoms with Gasteiger partial charge >= 0.3 is 0 Å². The average Bonchev–Trinajstić information content (AvgIpc) is 2.95. The molecule has 134 valence electrons. The third kappa shape index (κ3) is 5.25. The Hall–Kier alpha value is -2.48. The fourth-order valence-corrected chi connectivity index (χ4v) is 2.83. The molecule has 0 fully saturated rings. The predicted molar refractivity (Wildman–Crippen MR) is 96.8 cm³/mol. The summed E-state index contributed by atoms with van der Waals surface area (Å²) in [5.74, 6) is 1.71. The molecular weight excluding hydrogens is 340 g/mol. The number of carbonyl (C=O) groups excluding carboxylic acids is 1. The van der Waals surface area contributed by atoms with Gasteiger partial charge in [0.1, 0.15) is 6.61 Å². The van der Waals surface area contributed by atoms with E-state index >= 15 is 0 Å². The predicted octanol–water partition coefficient (Wildman–Crippen LogP) is 2.33. The molecule has 0 radical (unpaired) electrons. The first-order chi connectivity index (χ1) is 12.0. The lowest BCUT2D eigenvalue weighted by atomic mass is 10.2. The molecular formula is C17H22N4O3S. The van der Waals surface area contributed by atoms with Crippen LogP contribution in [0.15, 0.2) is 36.0 Å². The van der Waals surface area contributed by atoms with Crippen LogP contribution in [-0.2, 0) is 17.9 Å². The van der Waals surface area contributed by atoms with Gasteiger partial charge in [0.25, 0.3) is 0 Å². The zero-order valence-electron chi connectivity index (χ0n) is 14.4. The molecule has 1 aromatic carbocycles. The molecule has 0 unspecified atom stereocenters. The van der Waals surface area contributed by atoms with Crippen molar-refractivity contribution in [3.05, 3.63) is 42.2 Å². The molecule has 1 aromatic heterocycles. The Morgan fingerprint density at radius 2 is 2.16 bits per heavy atom. The van der Waals surface area contributed by atoms with Gasteiger partial charge in [-0.1, -0.05) is 23.9 Å². The smallest absolute Gasteiger partial charge is 0.227 e. The Kier molecular flexibility index (Phi) is 6.88. The van der Waals surface area contributed by atoms with Crippen LogP contribution in [0.3, 0.4) is 0 Å². The van der Waals surface area contributed by atoms with E-state index in [2.05, 4.69) is 16.8 Å². The molecule has 1 amide bonds. The van der Waals surface area contributed by atoms with Crippen molar-refractivity contribution in [2.75, 3.05) is 12.4 Å². The first-order valence-electron chi connectivity index (χ1n) is 7.85. The molecule has 7 nitrogen and oxygen atoms in total. The molecule has 0 aliphatic carbocycles. The maximum Gasteiger partial charge on any atom is 0.227 e. The highest BCUT2D eigenvalue weighted by Crippen LogP contribution is 2.29. The highest BCUT2D eigenvalue weighted by Gasteiger charge is 2.14. The van der Waals surface area contributed by atoms with Gasteiger partial charge in [0.15, 0.2) is 22.5 Å². The molecule has 2 rings (SSSR count). The molecule has 25 heavy (non-hydrogen) atoms. The minimum absolute atomic E-state index is 0.141. The second kappa shape index (κ2) is 9.12. The number of aromatic nitrogens is 3. The van der Waals surface area contributed by atoms with Gasteiger partial charge in [0.05, 0.1) is 12.4 Å². The summed E-state index contributed by atoms with van der Waals surface area (Å²) >= 11 is 1.24. The van der Waals surface area contributed by atoms with E-state index in [-0.39, 0.29) is 12.4 Å². The zero-order chi connectivity index (χ0) is 18.2. The van der Waals surface area contributed by atoms with Crippen LogP contribution in [0.2, 0.25) is 0 Å². The summed E-state index contributed by atoms with van der Waals surface area (Å²) in [4.78, 5) is 11.0. The summed E-state index contributed by atoms with van der Waals surface area (Å²) in [6, 6.07) is 5.76. The van der Waals surface area contributed by atoms with E-state index in [4.69, 9.17) is 15.2 Å². The zero-order valence-corrected chi connectivity index (χ0v) is 15.2. The van der Waals surface area contributed by atoms with E-state index in [0.717, 1.165) is 5.56 Å². The summed E-state index contributed by atoms with van der Waals surface area (Å²) in [6.45, 7) is 8.95. The molecule has 2 aromatic rings. The van der Waals surface area contributed by atoms with E-state index < -0.39 is 5.91 Å². The van der Waals surface area contributed by atoms with E-state index in [1.54, 1.807) is 6.08 Å². The van der Waals surface area contributed by atoms with E-state index in [1.807, 2.05) is 36.6 Å². The second-order valence-corrected chi connectivity index (χ2v) is 6.17. The van der Waals surface area contributed by atoms with Crippen LogP contribution in [0.1, 0.15) is 18.3 Å². The van der Waals surface area contributed by atoms with Crippen molar-refractivity contribution in [1.82, 2.24) is 14.8 Å². The second-order valence-electron chi connectivity index (χ2n) is 5.22. The van der Waals surface area contributed by atoms with Crippen molar-refractivity contribution in [1.29, 1.82) is 0 Å². The van der Waals surface area contributed by atoms with Gasteiger partial charge in [0.2, 0.25) is 5.91 Å². The van der Waals surface area contributed by atoms with Gasteiger partial charge in [0, 0.05) is 6.54 Å². The maximum atomic E-state index is 11.0. The van der Waals surface area contributed by atoms with Gasteiger partial charge in [-0.25, -0.2) is 0 Å². The quantitative estimate of drug-likeness (QED) is 0.515. The van der Waals surface area contributed by atoms with Crippen molar-refractivity contribution >= 4 is 17.7 Å². The highest BCUT2D eigenvalue weighted by molar-refractivity contribution is 7.99. The number of amides is 1. The Bertz CT molecular complexity index is 745. The summed E-state index contributed by atoms with van der Waals surface area (Å²) in [6.07, 6.45) is 1.73. The minimum Gasteiger partial charge on any atom is -0.490 e. The van der Waals surface area contributed by atoms with E-state index in [1.165, 1.54) is 11.8 Å². The highest BCUT2D eigenvalue weighted by atomic mass is 32.2. The molecule has 1 heterocycles. The monoisotopic (exact) mass is 362 g/mol. The van der Waals surface area contributed by atoms with Crippen molar-refractivity contribution in [2.45, 2.75) is 32.2 Å². The molecule has 0 aliphatic heterocycles. The van der Waals surface area contributed by atoms with Crippen molar-refractivity contribution in [2.24, 2.45) is 5.73 Å². The molecule has 0 aliphatic rings. The number of nitrogens with two attached hydrogens (primary N) is 1. The standard InChI is InChI=1S/C17H22N4O3S/c1-4-8-21-16(19-20-17(21)25-11-15(18)22)10-24-13-7-6-12(3)9-14(13)23-5-2/h4,6-7,9H,1,5,8,10-11H2,2-3H3,(H2,18,22). The van der Waals surface area contributed by atoms with Crippen molar-refractivity contribution < 1.29 is 14.3 Å². The summed E-state index contributed by atoms with van der Waals surface area (Å²) in [5, 5.41) is 8.85. The number of hydrogen-bond donors (Lipinski definition) is 1. The lowest BCUT2D eigenvalue weighted by molar-refractivity contribution is -0.115. The summed E-state index contributed by atoms with van der Waals surface area (Å²) in [5.41, 5.74) is 6.28. The number of rotatable bonds is 10. The number of aryl methyl sites for hydroxylation is 1. The molecule has 0 saturated carbocycles. The number of benzene rings is 1. The number of hydrogen-bond acceptors (Lipinski definition) is 6. The van der Waals surface area contributed by atoms with E-state index in [9.17, 15) is 4.79 Å². The van der Waals surface area contributed by atoms with Crippen LogP contribution in [0.5, 0.6) is 11.5 Å². The minimum atomic E-state index is -0.406. The Morgan fingerprint density at radius 3 is 2.84 bits per heavy atom. The Morgan fingerprint density at radius 1 is 1.36 bits per heavy atom. The number of carbonyl (C=O) groups is 1. The SMILES string of the molecule is C=CCn1c(COc2ccc(C)cc2OCC)nnc1SCC(N)=O. The van der Waals surface area contributed by atoms with Gasteiger partial charge in [-0.05, 0) is 31.5 Å². The number of primary amides is 1. The van der Waals surface area contributed by atoms with Gasteiger partial charge < -0.3 is 15.2 Å². The van der Waals surface area contributed by atoms with Crippen molar-refractivity contribution in [3.8, 4) is 11.5 Å². The molecule has 2 N–H and O–H groups in total. The average molecular weight is 362 g/mol. The third-order valence-electron chi connectivity index (χ3n) is 3.20. The van der Waals surface area contributed by atoms with Crippen LogP contribution >= 0.6 is 11.8 Å². The fourth-order valence-electron chi connectivity index (χ4n) is 2.13. The van der Waals surface area contributed by atoms with Crippen LogP contribution in [0.25, 0.3) is 0 Å². The first-order valence-corrected chi connectivity index (χ1v) is 8.84. The Balaban J connectivity index is 2.15. The largest absolute Gasteiger partial charge is 0.490 e. The molecule has 0 atom stereocenters. The van der Waals surface area contributed by atoms with Gasteiger partial charge in [-0.3, -0.25) is 9.36 Å². The normalized spacial score (nSPS) is 10.5. The van der Waals surface area contributed by atoms with Crippen molar-refractivity contribution in [3.63, 3.8) is 0 Å². The molecule has 0 spiro atoms. The Labute approximate surface area is 151 Å². The topological polar surface area (TPSA) is 92.3 Å².